The number of hydrogen-bond donors (Lipinski definition) is 2. The fourth-order valence-corrected chi connectivity index (χ4v) is 2.09. The molecule has 0 spiro atoms. The molecule has 0 radical (unpaired) electrons. The van der Waals surface area contributed by atoms with E-state index in [-0.39, 0.29) is 6.03 Å². The Morgan fingerprint density at radius 3 is 2.39 bits per heavy atom. The van der Waals surface area contributed by atoms with Crippen molar-refractivity contribution in [1.82, 2.24) is 5.32 Å². The smallest absolute Gasteiger partial charge is 0.322 e. The van der Waals surface area contributed by atoms with Crippen LogP contribution in [0.5, 0.6) is 0 Å². The Morgan fingerprint density at radius 1 is 1.22 bits per heavy atom. The minimum Gasteiger partial charge on any atom is -0.335 e. The molecule has 1 aromatic carbocycles. The Morgan fingerprint density at radius 2 is 1.89 bits per heavy atom. The van der Waals surface area contributed by atoms with Crippen molar-refractivity contribution in [1.29, 1.82) is 0 Å². The van der Waals surface area contributed by atoms with Crippen LogP contribution in [0, 0.1) is 0 Å². The fourth-order valence-electron chi connectivity index (χ4n) is 2.09. The van der Waals surface area contributed by atoms with E-state index in [2.05, 4.69) is 5.32 Å². The summed E-state index contributed by atoms with van der Waals surface area (Å²) >= 11 is 0. The number of carbonyl (C=O) groups is 1. The van der Waals surface area contributed by atoms with E-state index in [4.69, 9.17) is 5.73 Å². The molecule has 2 aliphatic carbocycles. The lowest BCUT2D eigenvalue weighted by atomic mass is 10.2. The third-order valence-corrected chi connectivity index (χ3v) is 3.49. The van der Waals surface area contributed by atoms with E-state index >= 15 is 0 Å². The van der Waals surface area contributed by atoms with Crippen molar-refractivity contribution in [2.45, 2.75) is 44.3 Å². The molecule has 3 N–H and O–H groups in total. The minimum absolute atomic E-state index is 0.0560. The summed E-state index contributed by atoms with van der Waals surface area (Å²) in [5.74, 6) is 0. The molecule has 0 aliphatic heterocycles. The van der Waals surface area contributed by atoms with Gasteiger partial charge in [-0.1, -0.05) is 12.1 Å². The van der Waals surface area contributed by atoms with E-state index in [0.717, 1.165) is 36.9 Å². The molecule has 4 nitrogen and oxygen atoms in total. The van der Waals surface area contributed by atoms with E-state index < -0.39 is 0 Å². The largest absolute Gasteiger partial charge is 0.335 e. The van der Waals surface area contributed by atoms with Crippen molar-refractivity contribution in [2.75, 3.05) is 4.90 Å². The van der Waals surface area contributed by atoms with Gasteiger partial charge in [-0.25, -0.2) is 4.79 Å². The van der Waals surface area contributed by atoms with Crippen LogP contribution in [0.3, 0.4) is 0 Å². The Bertz CT molecular complexity index is 435. The first-order valence-corrected chi connectivity index (χ1v) is 6.66. The first-order valence-electron chi connectivity index (χ1n) is 6.66. The summed E-state index contributed by atoms with van der Waals surface area (Å²) < 4.78 is 0. The number of nitrogens with zero attached hydrogens (tertiary/aromatic N) is 1. The highest BCUT2D eigenvalue weighted by atomic mass is 16.2. The molecule has 0 atom stereocenters. The van der Waals surface area contributed by atoms with Crippen molar-refractivity contribution in [3.05, 3.63) is 29.8 Å². The lowest BCUT2D eigenvalue weighted by molar-refractivity contribution is 0.245. The van der Waals surface area contributed by atoms with Crippen LogP contribution in [-0.4, -0.2) is 18.1 Å². The molecule has 0 bridgehead atoms. The number of nitrogens with two attached hydrogens (primary N) is 1. The maximum atomic E-state index is 12.2. The zero-order valence-electron chi connectivity index (χ0n) is 10.4. The Labute approximate surface area is 107 Å². The second kappa shape index (κ2) is 4.61. The van der Waals surface area contributed by atoms with Gasteiger partial charge < -0.3 is 11.1 Å². The lowest BCUT2D eigenvalue weighted by Gasteiger charge is -2.23. The molecule has 2 aliphatic rings. The van der Waals surface area contributed by atoms with Gasteiger partial charge in [-0.05, 0) is 43.4 Å². The van der Waals surface area contributed by atoms with Gasteiger partial charge in [-0.15, -0.1) is 0 Å². The van der Waals surface area contributed by atoms with Crippen molar-refractivity contribution >= 4 is 11.7 Å². The highest BCUT2D eigenvalue weighted by molar-refractivity contribution is 5.93. The summed E-state index contributed by atoms with van der Waals surface area (Å²) in [6.07, 6.45) is 4.46. The Kier molecular flexibility index (Phi) is 2.96. The van der Waals surface area contributed by atoms with Crippen LogP contribution in [0.1, 0.15) is 31.2 Å². The predicted octanol–water partition coefficient (Wildman–Crippen LogP) is 1.99. The van der Waals surface area contributed by atoms with Crippen LogP contribution in [0.25, 0.3) is 0 Å². The van der Waals surface area contributed by atoms with E-state index in [1.165, 1.54) is 0 Å². The van der Waals surface area contributed by atoms with E-state index in [1.807, 2.05) is 29.2 Å². The molecule has 0 aromatic heterocycles. The Hall–Kier alpha value is -1.55. The first-order chi connectivity index (χ1) is 8.78. The zero-order valence-corrected chi connectivity index (χ0v) is 10.4. The molecule has 0 saturated heterocycles. The van der Waals surface area contributed by atoms with Crippen LogP contribution < -0.4 is 16.0 Å². The number of urea groups is 1. The van der Waals surface area contributed by atoms with Crippen molar-refractivity contribution in [3.8, 4) is 0 Å². The molecule has 0 unspecified atom stereocenters. The third kappa shape index (κ3) is 2.48. The highest BCUT2D eigenvalue weighted by Crippen LogP contribution is 2.32. The van der Waals surface area contributed by atoms with Crippen LogP contribution in [-0.2, 0) is 6.54 Å². The average Bonchev–Trinajstić information content (AvgIpc) is 3.25. The third-order valence-electron chi connectivity index (χ3n) is 3.49. The number of anilines is 1. The van der Waals surface area contributed by atoms with Gasteiger partial charge >= 0.3 is 6.03 Å². The fraction of sp³-hybridized carbons (Fsp3) is 0.500. The molecule has 2 amide bonds. The van der Waals surface area contributed by atoms with Gasteiger partial charge in [0, 0.05) is 24.3 Å². The SMILES string of the molecule is NCc1ccc(N(C(=O)NC2CC2)C2CC2)cc1. The Balaban J connectivity index is 1.76. The quantitative estimate of drug-likeness (QED) is 0.852. The molecular formula is C14H19N3O. The maximum Gasteiger partial charge on any atom is 0.322 e. The second-order valence-electron chi connectivity index (χ2n) is 5.20. The van der Waals surface area contributed by atoms with Gasteiger partial charge in [-0.2, -0.15) is 0 Å². The number of amides is 2. The van der Waals surface area contributed by atoms with Crippen LogP contribution in [0.15, 0.2) is 24.3 Å². The summed E-state index contributed by atoms with van der Waals surface area (Å²) in [6.45, 7) is 0.540. The standard InChI is InChI=1S/C14H19N3O/c15-9-10-1-5-12(6-2-10)17(13-7-8-13)14(18)16-11-3-4-11/h1-2,5-6,11,13H,3-4,7-9,15H2,(H,16,18). The van der Waals surface area contributed by atoms with E-state index in [0.29, 0.717) is 18.6 Å². The normalized spacial score (nSPS) is 18.5. The topological polar surface area (TPSA) is 58.4 Å². The lowest BCUT2D eigenvalue weighted by Crippen LogP contribution is -2.42. The van der Waals surface area contributed by atoms with Gasteiger partial charge in [0.25, 0.3) is 0 Å². The van der Waals surface area contributed by atoms with Gasteiger partial charge in [0.2, 0.25) is 0 Å². The van der Waals surface area contributed by atoms with Crippen molar-refractivity contribution in [3.63, 3.8) is 0 Å². The average molecular weight is 245 g/mol. The molecule has 1 aromatic rings. The minimum atomic E-state index is 0.0560. The van der Waals surface area contributed by atoms with Gasteiger partial charge in [0.1, 0.15) is 0 Å². The monoisotopic (exact) mass is 245 g/mol. The van der Waals surface area contributed by atoms with Gasteiger partial charge in [0.05, 0.1) is 0 Å². The molecule has 2 saturated carbocycles. The van der Waals surface area contributed by atoms with Crippen LogP contribution in [0.4, 0.5) is 10.5 Å². The first kappa shape index (κ1) is 11.5. The summed E-state index contributed by atoms with van der Waals surface area (Å²) in [6, 6.07) is 8.82. The number of carbonyl (C=O) groups excluding carboxylic acids is 1. The van der Waals surface area contributed by atoms with Crippen molar-refractivity contribution < 1.29 is 4.79 Å². The molecular weight excluding hydrogens is 226 g/mol. The number of nitrogens with one attached hydrogen (secondary N) is 1. The molecule has 18 heavy (non-hydrogen) atoms. The zero-order chi connectivity index (χ0) is 12.5. The predicted molar refractivity (Wildman–Crippen MR) is 71.4 cm³/mol. The molecule has 2 fully saturated rings. The summed E-state index contributed by atoms with van der Waals surface area (Å²) in [7, 11) is 0. The van der Waals surface area contributed by atoms with Crippen molar-refractivity contribution in [2.24, 2.45) is 5.73 Å². The van der Waals surface area contributed by atoms with Crippen LogP contribution >= 0.6 is 0 Å². The molecule has 3 rings (SSSR count). The summed E-state index contributed by atoms with van der Waals surface area (Å²) in [5.41, 5.74) is 7.66. The van der Waals surface area contributed by atoms with E-state index in [1.54, 1.807) is 0 Å². The summed E-state index contributed by atoms with van der Waals surface area (Å²) in [4.78, 5) is 14.1. The summed E-state index contributed by atoms with van der Waals surface area (Å²) in [5, 5.41) is 3.06. The maximum absolute atomic E-state index is 12.2. The number of hydrogen-bond acceptors (Lipinski definition) is 2. The molecule has 96 valence electrons. The molecule has 0 heterocycles. The van der Waals surface area contributed by atoms with Crippen LogP contribution in [0.2, 0.25) is 0 Å². The number of rotatable bonds is 4. The second-order valence-corrected chi connectivity index (χ2v) is 5.20. The number of benzene rings is 1. The van der Waals surface area contributed by atoms with E-state index in [9.17, 15) is 4.79 Å². The van der Waals surface area contributed by atoms with Gasteiger partial charge in [-0.3, -0.25) is 4.90 Å². The van der Waals surface area contributed by atoms with Gasteiger partial charge in [0.15, 0.2) is 0 Å². The highest BCUT2D eigenvalue weighted by Gasteiger charge is 2.35. The molecule has 4 heteroatoms.